The zero-order valence-electron chi connectivity index (χ0n) is 9.28. The summed E-state index contributed by atoms with van der Waals surface area (Å²) in [7, 11) is 0. The minimum Gasteiger partial charge on any atom is -0.477 e. The molecular weight excluding hydrogens is 204 g/mol. The van der Waals surface area contributed by atoms with E-state index in [1.807, 2.05) is 4.57 Å². The Morgan fingerprint density at radius 1 is 1.38 bits per heavy atom. The Morgan fingerprint density at radius 3 is 2.81 bits per heavy atom. The van der Waals surface area contributed by atoms with Crippen molar-refractivity contribution in [2.24, 2.45) is 5.41 Å². The number of hydrogen-bond donors (Lipinski definition) is 1. The zero-order chi connectivity index (χ0) is 11.2. The summed E-state index contributed by atoms with van der Waals surface area (Å²) in [5.74, 6) is 0.117. The molecule has 1 aromatic rings. The Morgan fingerprint density at radius 2 is 2.12 bits per heavy atom. The van der Waals surface area contributed by atoms with E-state index < -0.39 is 5.97 Å². The number of nitrogens with zero attached hydrogens (tertiary/aromatic N) is 2. The monoisotopic (exact) mass is 220 g/mol. The summed E-state index contributed by atoms with van der Waals surface area (Å²) in [6.45, 7) is 0.865. The molecule has 0 aromatic carbocycles. The van der Waals surface area contributed by atoms with Crippen LogP contribution in [0, 0.1) is 5.41 Å². The maximum Gasteiger partial charge on any atom is 0.354 e. The highest BCUT2D eigenvalue weighted by Gasteiger charge is 2.40. The molecule has 86 valence electrons. The van der Waals surface area contributed by atoms with Crippen LogP contribution in [-0.4, -0.2) is 20.6 Å². The second-order valence-electron chi connectivity index (χ2n) is 5.19. The SMILES string of the molecule is O=C(O)c1cnc2n1CC1(CCCCC1)C2. The topological polar surface area (TPSA) is 55.1 Å². The van der Waals surface area contributed by atoms with Gasteiger partial charge in [0.05, 0.1) is 6.20 Å². The molecule has 4 nitrogen and oxygen atoms in total. The summed E-state index contributed by atoms with van der Waals surface area (Å²) < 4.78 is 1.91. The van der Waals surface area contributed by atoms with Crippen molar-refractivity contribution in [2.45, 2.75) is 45.1 Å². The first-order chi connectivity index (χ1) is 7.70. The number of fused-ring (bicyclic) bond motifs is 1. The van der Waals surface area contributed by atoms with Gasteiger partial charge in [-0.05, 0) is 18.3 Å². The van der Waals surface area contributed by atoms with Crippen molar-refractivity contribution in [3.8, 4) is 0 Å². The van der Waals surface area contributed by atoms with Crippen molar-refractivity contribution in [3.63, 3.8) is 0 Å². The third-order valence-electron chi connectivity index (χ3n) is 4.10. The van der Waals surface area contributed by atoms with E-state index >= 15 is 0 Å². The fourth-order valence-corrected chi connectivity index (χ4v) is 3.27. The molecule has 4 heteroatoms. The van der Waals surface area contributed by atoms with Crippen molar-refractivity contribution in [3.05, 3.63) is 17.7 Å². The van der Waals surface area contributed by atoms with Crippen molar-refractivity contribution >= 4 is 5.97 Å². The van der Waals surface area contributed by atoms with Gasteiger partial charge in [-0.15, -0.1) is 0 Å². The lowest BCUT2D eigenvalue weighted by molar-refractivity contribution is 0.0682. The van der Waals surface area contributed by atoms with Crippen LogP contribution in [0.1, 0.15) is 48.4 Å². The van der Waals surface area contributed by atoms with Crippen LogP contribution in [-0.2, 0) is 13.0 Å². The largest absolute Gasteiger partial charge is 0.477 e. The van der Waals surface area contributed by atoms with E-state index in [9.17, 15) is 4.79 Å². The van der Waals surface area contributed by atoms with E-state index in [2.05, 4.69) is 4.98 Å². The molecule has 1 fully saturated rings. The molecule has 0 amide bonds. The standard InChI is InChI=1S/C12H16N2O2/c15-11(16)9-7-13-10-6-12(8-14(9)10)4-2-1-3-5-12/h7H,1-6,8H2,(H,15,16). The number of hydrogen-bond acceptors (Lipinski definition) is 2. The smallest absolute Gasteiger partial charge is 0.354 e. The first-order valence-corrected chi connectivity index (χ1v) is 5.98. The average molecular weight is 220 g/mol. The predicted molar refractivity (Wildman–Crippen MR) is 58.4 cm³/mol. The van der Waals surface area contributed by atoms with E-state index in [4.69, 9.17) is 5.11 Å². The highest BCUT2D eigenvalue weighted by molar-refractivity contribution is 5.85. The maximum atomic E-state index is 11.0. The van der Waals surface area contributed by atoms with E-state index in [0.29, 0.717) is 11.1 Å². The van der Waals surface area contributed by atoms with Crippen LogP contribution in [0.4, 0.5) is 0 Å². The lowest BCUT2D eigenvalue weighted by atomic mass is 9.73. The van der Waals surface area contributed by atoms with Gasteiger partial charge in [-0.2, -0.15) is 0 Å². The van der Waals surface area contributed by atoms with Gasteiger partial charge in [0.2, 0.25) is 0 Å². The van der Waals surface area contributed by atoms with Crippen molar-refractivity contribution in [2.75, 3.05) is 0 Å². The van der Waals surface area contributed by atoms with E-state index in [-0.39, 0.29) is 0 Å². The molecule has 0 atom stereocenters. The molecule has 1 aliphatic carbocycles. The Hall–Kier alpha value is -1.32. The molecule has 1 saturated carbocycles. The maximum absolute atomic E-state index is 11.0. The number of imidazole rings is 1. The van der Waals surface area contributed by atoms with Crippen LogP contribution in [0.2, 0.25) is 0 Å². The number of carbonyl (C=O) groups is 1. The molecule has 1 N–H and O–H groups in total. The van der Waals surface area contributed by atoms with Crippen LogP contribution >= 0.6 is 0 Å². The highest BCUT2D eigenvalue weighted by Crippen LogP contribution is 2.44. The van der Waals surface area contributed by atoms with Crippen molar-refractivity contribution < 1.29 is 9.90 Å². The molecule has 2 heterocycles. The second kappa shape index (κ2) is 3.34. The molecule has 1 spiro atoms. The Kier molecular flexibility index (Phi) is 2.06. The quantitative estimate of drug-likeness (QED) is 0.788. The zero-order valence-corrected chi connectivity index (χ0v) is 9.28. The van der Waals surface area contributed by atoms with Gasteiger partial charge in [0.15, 0.2) is 0 Å². The molecule has 0 bridgehead atoms. The highest BCUT2D eigenvalue weighted by atomic mass is 16.4. The molecule has 1 aromatic heterocycles. The summed E-state index contributed by atoms with van der Waals surface area (Å²) in [5, 5.41) is 9.06. The first kappa shape index (κ1) is 9.87. The molecule has 1 aliphatic heterocycles. The number of carboxylic acid groups (broad SMARTS) is 1. The fourth-order valence-electron chi connectivity index (χ4n) is 3.27. The fraction of sp³-hybridized carbons (Fsp3) is 0.667. The van der Waals surface area contributed by atoms with Crippen LogP contribution < -0.4 is 0 Å². The molecule has 3 rings (SSSR count). The predicted octanol–water partition coefficient (Wildman–Crippen LogP) is 2.09. The minimum atomic E-state index is -0.855. The van der Waals surface area contributed by atoms with Gasteiger partial charge in [-0.3, -0.25) is 0 Å². The third-order valence-corrected chi connectivity index (χ3v) is 4.10. The number of aromatic nitrogens is 2. The van der Waals surface area contributed by atoms with Crippen LogP contribution in [0.3, 0.4) is 0 Å². The van der Waals surface area contributed by atoms with E-state index in [1.54, 1.807) is 0 Å². The van der Waals surface area contributed by atoms with E-state index in [0.717, 1.165) is 18.8 Å². The molecule has 0 saturated heterocycles. The normalized spacial score (nSPS) is 22.2. The lowest BCUT2D eigenvalue weighted by Crippen LogP contribution is -2.26. The second-order valence-corrected chi connectivity index (χ2v) is 5.19. The van der Waals surface area contributed by atoms with Gasteiger partial charge in [-0.25, -0.2) is 9.78 Å². The lowest BCUT2D eigenvalue weighted by Gasteiger charge is -2.32. The van der Waals surface area contributed by atoms with Crippen molar-refractivity contribution in [1.82, 2.24) is 9.55 Å². The van der Waals surface area contributed by atoms with Gasteiger partial charge in [-0.1, -0.05) is 19.3 Å². The summed E-state index contributed by atoms with van der Waals surface area (Å²) in [6, 6.07) is 0. The third kappa shape index (κ3) is 1.36. The molecular formula is C12H16N2O2. The van der Waals surface area contributed by atoms with Gasteiger partial charge < -0.3 is 9.67 Å². The van der Waals surface area contributed by atoms with Crippen LogP contribution in [0.15, 0.2) is 6.20 Å². The van der Waals surface area contributed by atoms with E-state index in [1.165, 1.54) is 38.3 Å². The molecule has 2 aliphatic rings. The average Bonchev–Trinajstić information content (AvgIpc) is 2.75. The molecule has 0 radical (unpaired) electrons. The van der Waals surface area contributed by atoms with Crippen LogP contribution in [0.5, 0.6) is 0 Å². The Labute approximate surface area is 94.3 Å². The number of rotatable bonds is 1. The van der Waals surface area contributed by atoms with Gasteiger partial charge >= 0.3 is 5.97 Å². The minimum absolute atomic E-state index is 0.325. The first-order valence-electron chi connectivity index (χ1n) is 5.98. The molecule has 0 unspecified atom stereocenters. The van der Waals surface area contributed by atoms with Gasteiger partial charge in [0.1, 0.15) is 11.5 Å². The summed E-state index contributed by atoms with van der Waals surface area (Å²) in [6.07, 6.45) is 8.83. The Bertz CT molecular complexity index is 430. The van der Waals surface area contributed by atoms with Crippen LogP contribution in [0.25, 0.3) is 0 Å². The Balaban J connectivity index is 1.91. The van der Waals surface area contributed by atoms with Gasteiger partial charge in [0, 0.05) is 13.0 Å². The summed E-state index contributed by atoms with van der Waals surface area (Å²) in [5.41, 5.74) is 0.684. The van der Waals surface area contributed by atoms with Crippen molar-refractivity contribution in [1.29, 1.82) is 0 Å². The number of carboxylic acids is 1. The molecule has 16 heavy (non-hydrogen) atoms. The summed E-state index contributed by atoms with van der Waals surface area (Å²) in [4.78, 5) is 15.3. The van der Waals surface area contributed by atoms with Gasteiger partial charge in [0.25, 0.3) is 0 Å². The number of aromatic carboxylic acids is 1. The summed E-state index contributed by atoms with van der Waals surface area (Å²) >= 11 is 0.